The molecule has 1 aromatic rings. The van der Waals surface area contributed by atoms with Crippen molar-refractivity contribution in [3.63, 3.8) is 0 Å². The van der Waals surface area contributed by atoms with E-state index in [-0.39, 0.29) is 23.4 Å². The van der Waals surface area contributed by atoms with Gasteiger partial charge in [0.1, 0.15) is 5.75 Å². The molecule has 0 fully saturated rings. The van der Waals surface area contributed by atoms with Crippen molar-refractivity contribution in [3.8, 4) is 5.75 Å². The Hall–Kier alpha value is -1.42. The largest absolute Gasteiger partial charge is 0.507 e. The first-order chi connectivity index (χ1) is 6.16. The number of phenols is 1. The molecule has 0 bridgehead atoms. The van der Waals surface area contributed by atoms with Gasteiger partial charge in [-0.15, -0.1) is 0 Å². The van der Waals surface area contributed by atoms with Gasteiger partial charge in [0.25, 0.3) is 6.08 Å². The summed E-state index contributed by atoms with van der Waals surface area (Å²) < 4.78 is 24.5. The second kappa shape index (κ2) is 4.00. The predicted molar refractivity (Wildman–Crippen MR) is 46.3 cm³/mol. The number of para-hydroxylation sites is 1. The van der Waals surface area contributed by atoms with E-state index in [4.69, 9.17) is 5.73 Å². The zero-order chi connectivity index (χ0) is 9.84. The quantitative estimate of drug-likeness (QED) is 0.739. The maximum atomic E-state index is 12.3. The average Bonchev–Trinajstić information content (AvgIpc) is 2.09. The van der Waals surface area contributed by atoms with Gasteiger partial charge >= 0.3 is 0 Å². The summed E-state index contributed by atoms with van der Waals surface area (Å²) in [5.41, 5.74) is 4.89. The van der Waals surface area contributed by atoms with Crippen molar-refractivity contribution in [3.05, 3.63) is 35.9 Å². The van der Waals surface area contributed by atoms with E-state index in [0.717, 1.165) is 0 Å². The molecule has 0 aliphatic rings. The van der Waals surface area contributed by atoms with Crippen molar-refractivity contribution in [2.45, 2.75) is 0 Å². The molecular weight excluding hydrogens is 176 g/mol. The van der Waals surface area contributed by atoms with Gasteiger partial charge in [-0.25, -0.2) is 0 Å². The Labute approximate surface area is 74.3 Å². The number of hydrogen-bond acceptors (Lipinski definition) is 2. The average molecular weight is 185 g/mol. The number of nitrogens with two attached hydrogens (primary N) is 1. The van der Waals surface area contributed by atoms with Crippen molar-refractivity contribution in [2.24, 2.45) is 5.73 Å². The molecule has 3 N–H and O–H groups in total. The summed E-state index contributed by atoms with van der Waals surface area (Å²) >= 11 is 0. The highest BCUT2D eigenvalue weighted by molar-refractivity contribution is 5.71. The SMILES string of the molecule is NCC(=C(F)F)c1ccccc1O. The molecule has 13 heavy (non-hydrogen) atoms. The summed E-state index contributed by atoms with van der Waals surface area (Å²) in [7, 11) is 0. The van der Waals surface area contributed by atoms with Crippen LogP contribution in [0.1, 0.15) is 5.56 Å². The van der Waals surface area contributed by atoms with Gasteiger partial charge in [-0.05, 0) is 6.07 Å². The summed E-state index contributed by atoms with van der Waals surface area (Å²) in [5.74, 6) is -0.184. The van der Waals surface area contributed by atoms with Crippen molar-refractivity contribution in [2.75, 3.05) is 6.54 Å². The van der Waals surface area contributed by atoms with E-state index in [0.29, 0.717) is 0 Å². The number of rotatable bonds is 2. The third-order valence-electron chi connectivity index (χ3n) is 1.66. The van der Waals surface area contributed by atoms with E-state index < -0.39 is 6.08 Å². The normalized spacial score (nSPS) is 9.77. The number of benzene rings is 1. The topological polar surface area (TPSA) is 46.2 Å². The summed E-state index contributed by atoms with van der Waals surface area (Å²) in [4.78, 5) is 0. The molecule has 70 valence electrons. The molecular formula is C9H9F2NO. The molecule has 0 unspecified atom stereocenters. The molecule has 0 aliphatic carbocycles. The first-order valence-corrected chi connectivity index (χ1v) is 3.69. The van der Waals surface area contributed by atoms with Gasteiger partial charge in [0, 0.05) is 17.7 Å². The van der Waals surface area contributed by atoms with Crippen LogP contribution in [0.15, 0.2) is 30.3 Å². The van der Waals surface area contributed by atoms with E-state index in [1.54, 1.807) is 12.1 Å². The summed E-state index contributed by atoms with van der Waals surface area (Å²) in [6, 6.07) is 5.86. The Kier molecular flexibility index (Phi) is 2.97. The van der Waals surface area contributed by atoms with Gasteiger partial charge in [0.05, 0.1) is 0 Å². The lowest BCUT2D eigenvalue weighted by molar-refractivity contribution is 0.422. The van der Waals surface area contributed by atoms with E-state index in [1.807, 2.05) is 0 Å². The number of hydrogen-bond donors (Lipinski definition) is 2. The molecule has 0 heterocycles. The first-order valence-electron chi connectivity index (χ1n) is 3.69. The Balaban J connectivity index is 3.21. The summed E-state index contributed by atoms with van der Waals surface area (Å²) in [6.07, 6.45) is -1.86. The molecule has 0 aliphatic heterocycles. The van der Waals surface area contributed by atoms with Crippen LogP contribution in [0, 0.1) is 0 Å². The van der Waals surface area contributed by atoms with Crippen molar-refractivity contribution in [1.29, 1.82) is 0 Å². The van der Waals surface area contributed by atoms with Crippen LogP contribution in [0.25, 0.3) is 5.57 Å². The smallest absolute Gasteiger partial charge is 0.275 e. The predicted octanol–water partition coefficient (Wildman–Crippen LogP) is 1.96. The van der Waals surface area contributed by atoms with Crippen LogP contribution in [0.4, 0.5) is 8.78 Å². The minimum atomic E-state index is -1.86. The Morgan fingerprint density at radius 3 is 2.38 bits per heavy atom. The molecule has 0 amide bonds. The van der Waals surface area contributed by atoms with Crippen LogP contribution >= 0.6 is 0 Å². The van der Waals surface area contributed by atoms with Crippen LogP contribution < -0.4 is 5.73 Å². The molecule has 4 heteroatoms. The molecule has 0 radical (unpaired) electrons. The van der Waals surface area contributed by atoms with Crippen molar-refractivity contribution < 1.29 is 13.9 Å². The lowest BCUT2D eigenvalue weighted by Crippen LogP contribution is -2.03. The fraction of sp³-hybridized carbons (Fsp3) is 0.111. The first kappa shape index (κ1) is 9.67. The molecule has 1 rings (SSSR count). The molecule has 0 saturated heterocycles. The van der Waals surface area contributed by atoms with Crippen molar-refractivity contribution >= 4 is 5.57 Å². The lowest BCUT2D eigenvalue weighted by atomic mass is 10.1. The standard InChI is InChI=1S/C9H9F2NO/c10-9(11)7(5-12)6-3-1-2-4-8(6)13/h1-4,13H,5,12H2. The fourth-order valence-electron chi connectivity index (χ4n) is 1.02. The highest BCUT2D eigenvalue weighted by Crippen LogP contribution is 2.27. The number of halogens is 2. The van der Waals surface area contributed by atoms with E-state index in [2.05, 4.69) is 0 Å². The fourth-order valence-corrected chi connectivity index (χ4v) is 1.02. The molecule has 0 aromatic heterocycles. The van der Waals surface area contributed by atoms with Gasteiger partial charge in [-0.2, -0.15) is 8.78 Å². The second-order valence-electron chi connectivity index (χ2n) is 2.46. The van der Waals surface area contributed by atoms with Crippen LogP contribution in [-0.4, -0.2) is 11.7 Å². The Bertz CT molecular complexity index is 332. The highest BCUT2D eigenvalue weighted by atomic mass is 19.3. The summed E-state index contributed by atoms with van der Waals surface area (Å²) in [6.45, 7) is -0.292. The third kappa shape index (κ3) is 2.03. The zero-order valence-electron chi connectivity index (χ0n) is 6.80. The molecule has 0 saturated carbocycles. The van der Waals surface area contributed by atoms with Crippen molar-refractivity contribution in [1.82, 2.24) is 0 Å². The number of phenolic OH excluding ortho intramolecular Hbond substituents is 1. The van der Waals surface area contributed by atoms with Gasteiger partial charge in [0.2, 0.25) is 0 Å². The van der Waals surface area contributed by atoms with Crippen LogP contribution in [0.5, 0.6) is 5.75 Å². The van der Waals surface area contributed by atoms with Gasteiger partial charge in [0.15, 0.2) is 0 Å². The monoisotopic (exact) mass is 185 g/mol. The Morgan fingerprint density at radius 2 is 1.92 bits per heavy atom. The van der Waals surface area contributed by atoms with Gasteiger partial charge < -0.3 is 10.8 Å². The van der Waals surface area contributed by atoms with E-state index in [1.165, 1.54) is 12.1 Å². The van der Waals surface area contributed by atoms with Crippen LogP contribution in [0.2, 0.25) is 0 Å². The Morgan fingerprint density at radius 1 is 1.31 bits per heavy atom. The number of aromatic hydroxyl groups is 1. The third-order valence-corrected chi connectivity index (χ3v) is 1.66. The van der Waals surface area contributed by atoms with Crippen LogP contribution in [0.3, 0.4) is 0 Å². The maximum Gasteiger partial charge on any atom is 0.275 e. The van der Waals surface area contributed by atoms with Crippen LogP contribution in [-0.2, 0) is 0 Å². The second-order valence-corrected chi connectivity index (χ2v) is 2.46. The van der Waals surface area contributed by atoms with Gasteiger partial charge in [-0.1, -0.05) is 18.2 Å². The molecule has 2 nitrogen and oxygen atoms in total. The zero-order valence-corrected chi connectivity index (χ0v) is 6.80. The molecule has 0 spiro atoms. The van der Waals surface area contributed by atoms with E-state index in [9.17, 15) is 13.9 Å². The van der Waals surface area contributed by atoms with E-state index >= 15 is 0 Å². The minimum absolute atomic E-state index is 0.0880. The molecule has 0 atom stereocenters. The minimum Gasteiger partial charge on any atom is -0.507 e. The summed E-state index contributed by atoms with van der Waals surface area (Å²) in [5, 5.41) is 9.24. The highest BCUT2D eigenvalue weighted by Gasteiger charge is 2.10. The van der Waals surface area contributed by atoms with Gasteiger partial charge in [-0.3, -0.25) is 0 Å². The maximum absolute atomic E-state index is 12.3. The molecule has 1 aromatic carbocycles. The lowest BCUT2D eigenvalue weighted by Gasteiger charge is -2.05.